The van der Waals surface area contributed by atoms with Crippen molar-refractivity contribution in [2.75, 3.05) is 26.2 Å². The maximum Gasteiger partial charge on any atom is 0.255 e. The lowest BCUT2D eigenvalue weighted by molar-refractivity contribution is -0.130. The number of H-pyrrole nitrogens is 1. The molecule has 4 rings (SSSR count). The summed E-state index contributed by atoms with van der Waals surface area (Å²) in [7, 11) is 0. The minimum absolute atomic E-state index is 0. The molecule has 2 aliphatic heterocycles. The van der Waals surface area contributed by atoms with Crippen LogP contribution in [0.5, 0.6) is 0 Å². The van der Waals surface area contributed by atoms with E-state index in [2.05, 4.69) is 20.3 Å². The number of hydrogen-bond acceptors (Lipinski definition) is 5. The van der Waals surface area contributed by atoms with Crippen LogP contribution in [0.25, 0.3) is 11.4 Å². The number of aromatic nitrogens is 3. The third-order valence-electron chi connectivity index (χ3n) is 5.88. The first-order chi connectivity index (χ1) is 13.1. The lowest BCUT2D eigenvalue weighted by Gasteiger charge is -2.21. The fraction of sp³-hybridized carbons (Fsp3) is 0.500. The molecular formula is C20H27Cl2N5O2. The van der Waals surface area contributed by atoms with Gasteiger partial charge < -0.3 is 15.2 Å². The summed E-state index contributed by atoms with van der Waals surface area (Å²) in [5, 5.41) is 3.45. The molecule has 0 spiro atoms. The number of rotatable bonds is 3. The van der Waals surface area contributed by atoms with E-state index in [9.17, 15) is 9.59 Å². The predicted octanol–water partition coefficient (Wildman–Crippen LogP) is 1.98. The number of carbonyl (C=O) groups is 1. The summed E-state index contributed by atoms with van der Waals surface area (Å²) in [6.45, 7) is 5.47. The van der Waals surface area contributed by atoms with Crippen molar-refractivity contribution >= 4 is 30.7 Å². The third-order valence-corrected chi connectivity index (χ3v) is 5.88. The van der Waals surface area contributed by atoms with Crippen molar-refractivity contribution in [2.45, 2.75) is 26.2 Å². The molecule has 4 heterocycles. The molecule has 7 nitrogen and oxygen atoms in total. The molecule has 2 aromatic rings. The number of aromatic amines is 1. The Balaban J connectivity index is 0.00000150. The molecule has 2 aromatic heterocycles. The average molecular weight is 440 g/mol. The molecule has 9 heteroatoms. The number of carbonyl (C=O) groups excluding carboxylic acids is 1. The normalized spacial score (nSPS) is 20.8. The predicted molar refractivity (Wildman–Crippen MR) is 117 cm³/mol. The molecule has 0 unspecified atom stereocenters. The lowest BCUT2D eigenvalue weighted by atomic mass is 9.92. The van der Waals surface area contributed by atoms with Crippen LogP contribution in [0.3, 0.4) is 0 Å². The summed E-state index contributed by atoms with van der Waals surface area (Å²) in [6, 6.07) is 3.59. The largest absolute Gasteiger partial charge is 0.342 e. The molecule has 0 radical (unpaired) electrons. The van der Waals surface area contributed by atoms with Crippen LogP contribution in [-0.2, 0) is 11.2 Å². The van der Waals surface area contributed by atoms with Crippen LogP contribution in [0.4, 0.5) is 0 Å². The summed E-state index contributed by atoms with van der Waals surface area (Å²) in [5.41, 5.74) is 1.63. The van der Waals surface area contributed by atoms with Gasteiger partial charge in [-0.2, -0.15) is 0 Å². The van der Waals surface area contributed by atoms with Gasteiger partial charge in [-0.05, 0) is 56.8 Å². The van der Waals surface area contributed by atoms with Crippen LogP contribution in [0, 0.1) is 18.8 Å². The van der Waals surface area contributed by atoms with Gasteiger partial charge in [-0.15, -0.1) is 24.8 Å². The van der Waals surface area contributed by atoms with Crippen LogP contribution in [0.15, 0.2) is 29.3 Å². The number of amides is 1. The summed E-state index contributed by atoms with van der Waals surface area (Å²) >= 11 is 0. The highest BCUT2D eigenvalue weighted by Gasteiger charge is 2.31. The van der Waals surface area contributed by atoms with Gasteiger partial charge in [-0.25, -0.2) is 4.98 Å². The Bertz CT molecular complexity index is 876. The molecule has 1 amide bonds. The van der Waals surface area contributed by atoms with E-state index in [1.54, 1.807) is 31.5 Å². The van der Waals surface area contributed by atoms with Crippen molar-refractivity contribution in [3.63, 3.8) is 0 Å². The lowest BCUT2D eigenvalue weighted by Crippen LogP contribution is -2.35. The molecule has 0 aliphatic carbocycles. The maximum absolute atomic E-state index is 12.8. The van der Waals surface area contributed by atoms with Crippen molar-refractivity contribution in [2.24, 2.45) is 11.8 Å². The molecule has 2 aliphatic rings. The molecule has 0 bridgehead atoms. The van der Waals surface area contributed by atoms with Crippen molar-refractivity contribution < 1.29 is 4.79 Å². The monoisotopic (exact) mass is 439 g/mol. The molecule has 29 heavy (non-hydrogen) atoms. The zero-order valence-electron chi connectivity index (χ0n) is 16.4. The topological polar surface area (TPSA) is 91.0 Å². The van der Waals surface area contributed by atoms with Crippen LogP contribution < -0.4 is 10.9 Å². The number of pyridine rings is 1. The summed E-state index contributed by atoms with van der Waals surface area (Å²) in [5.74, 6) is 1.88. The van der Waals surface area contributed by atoms with Crippen LogP contribution in [0.2, 0.25) is 0 Å². The van der Waals surface area contributed by atoms with Gasteiger partial charge in [-0.1, -0.05) is 0 Å². The van der Waals surface area contributed by atoms with Crippen LogP contribution in [0.1, 0.15) is 24.1 Å². The number of aryl methyl sites for hydroxylation is 1. The Labute approximate surface area is 182 Å². The Kier molecular flexibility index (Phi) is 8.19. The second-order valence-electron chi connectivity index (χ2n) is 7.53. The zero-order chi connectivity index (χ0) is 18.8. The van der Waals surface area contributed by atoms with Crippen molar-refractivity contribution in [1.29, 1.82) is 0 Å². The third kappa shape index (κ3) is 5.15. The molecule has 0 saturated carbocycles. The van der Waals surface area contributed by atoms with E-state index in [0.29, 0.717) is 28.9 Å². The Morgan fingerprint density at radius 1 is 1.14 bits per heavy atom. The van der Waals surface area contributed by atoms with E-state index in [1.807, 2.05) is 4.90 Å². The minimum Gasteiger partial charge on any atom is -0.342 e. The van der Waals surface area contributed by atoms with E-state index in [-0.39, 0.29) is 42.7 Å². The van der Waals surface area contributed by atoms with Gasteiger partial charge in [0, 0.05) is 42.3 Å². The number of halogens is 2. The molecule has 158 valence electrons. The zero-order valence-corrected chi connectivity index (χ0v) is 18.0. The first-order valence-corrected chi connectivity index (χ1v) is 9.60. The quantitative estimate of drug-likeness (QED) is 0.762. The van der Waals surface area contributed by atoms with Gasteiger partial charge in [0.1, 0.15) is 5.82 Å². The van der Waals surface area contributed by atoms with Gasteiger partial charge in [0.2, 0.25) is 5.91 Å². The van der Waals surface area contributed by atoms with Crippen molar-refractivity contribution in [1.82, 2.24) is 25.2 Å². The fourth-order valence-corrected chi connectivity index (χ4v) is 4.20. The van der Waals surface area contributed by atoms with E-state index >= 15 is 0 Å². The molecule has 0 aromatic carbocycles. The molecular weight excluding hydrogens is 413 g/mol. The van der Waals surface area contributed by atoms with Gasteiger partial charge in [0.25, 0.3) is 5.56 Å². The molecule has 2 fully saturated rings. The van der Waals surface area contributed by atoms with E-state index in [0.717, 1.165) is 44.6 Å². The second kappa shape index (κ2) is 10.2. The van der Waals surface area contributed by atoms with Gasteiger partial charge in [-0.3, -0.25) is 14.6 Å². The Morgan fingerprint density at radius 3 is 2.34 bits per heavy atom. The smallest absolute Gasteiger partial charge is 0.255 e. The molecule has 2 N–H and O–H groups in total. The Morgan fingerprint density at radius 2 is 1.76 bits per heavy atom. The van der Waals surface area contributed by atoms with Crippen LogP contribution in [-0.4, -0.2) is 51.9 Å². The maximum atomic E-state index is 12.8. The van der Waals surface area contributed by atoms with Crippen LogP contribution >= 0.6 is 24.8 Å². The average Bonchev–Trinajstić information content (AvgIpc) is 3.03. The fourth-order valence-electron chi connectivity index (χ4n) is 4.20. The van der Waals surface area contributed by atoms with E-state index in [1.165, 1.54) is 0 Å². The van der Waals surface area contributed by atoms with Gasteiger partial charge in [0.05, 0.1) is 6.42 Å². The molecule has 2 atom stereocenters. The minimum atomic E-state index is -0.237. The number of nitrogens with zero attached hydrogens (tertiary/aromatic N) is 3. The van der Waals surface area contributed by atoms with E-state index in [4.69, 9.17) is 0 Å². The number of fused-ring (bicyclic) bond motifs is 1. The summed E-state index contributed by atoms with van der Waals surface area (Å²) < 4.78 is 0. The first kappa shape index (κ1) is 23.3. The standard InChI is InChI=1S/C20H25N5O2.2ClH/c1-13-17(20(27)24-19(23-13)14-2-6-21-7-3-14)10-18(26)25-8-4-15-11-22-12-16(15)5-9-25;;/h2-3,6-7,15-16,22H,4-5,8-12H2,1H3,(H,23,24,27);2*1H/t15-,16+;;. The molecule has 2 saturated heterocycles. The summed E-state index contributed by atoms with van der Waals surface area (Å²) in [6.07, 6.45) is 5.51. The highest BCUT2D eigenvalue weighted by molar-refractivity contribution is 5.85. The van der Waals surface area contributed by atoms with Crippen molar-refractivity contribution in [3.05, 3.63) is 46.1 Å². The highest BCUT2D eigenvalue weighted by Crippen LogP contribution is 2.27. The number of nitrogens with one attached hydrogen (secondary N) is 2. The SMILES string of the molecule is Cc1nc(-c2ccncc2)[nH]c(=O)c1CC(=O)N1CC[C@@H]2CNC[C@@H]2CC1.Cl.Cl. The van der Waals surface area contributed by atoms with Gasteiger partial charge in [0.15, 0.2) is 0 Å². The van der Waals surface area contributed by atoms with Crippen molar-refractivity contribution in [3.8, 4) is 11.4 Å². The summed E-state index contributed by atoms with van der Waals surface area (Å²) in [4.78, 5) is 38.6. The number of likely N-dealkylation sites (tertiary alicyclic amines) is 1. The second-order valence-corrected chi connectivity index (χ2v) is 7.53. The first-order valence-electron chi connectivity index (χ1n) is 9.60. The van der Waals surface area contributed by atoms with E-state index < -0.39 is 0 Å². The Hall–Kier alpha value is -1.96. The number of hydrogen-bond donors (Lipinski definition) is 2. The highest BCUT2D eigenvalue weighted by atomic mass is 35.5. The van der Waals surface area contributed by atoms with Gasteiger partial charge >= 0.3 is 0 Å².